The Morgan fingerprint density at radius 1 is 1.03 bits per heavy atom. The molecule has 1 fully saturated rings. The SMILES string of the molecule is N[C@H]1c2ccccc2CC12CCC(c1ccc(CSc3ccnc(Cl)c3Cl)nc1)CC2. The van der Waals surface area contributed by atoms with Crippen LogP contribution in [-0.4, -0.2) is 9.97 Å². The van der Waals surface area contributed by atoms with Gasteiger partial charge in [-0.25, -0.2) is 4.98 Å². The molecule has 2 aliphatic rings. The largest absolute Gasteiger partial charge is 0.323 e. The molecule has 1 atom stereocenters. The monoisotopic (exact) mass is 469 g/mol. The fourth-order valence-corrected chi connectivity index (χ4v) is 6.60. The second-order valence-electron chi connectivity index (χ2n) is 8.78. The summed E-state index contributed by atoms with van der Waals surface area (Å²) in [4.78, 5) is 9.65. The average Bonchev–Trinajstić information content (AvgIpc) is 3.07. The first-order valence-corrected chi connectivity index (χ1v) is 12.5. The zero-order valence-electron chi connectivity index (χ0n) is 17.2. The van der Waals surface area contributed by atoms with E-state index in [1.165, 1.54) is 42.4 Å². The molecule has 2 heterocycles. The number of hydrogen-bond acceptors (Lipinski definition) is 4. The minimum atomic E-state index is 0.177. The molecule has 3 aromatic rings. The third-order valence-corrected chi connectivity index (χ3v) is 9.05. The lowest BCUT2D eigenvalue weighted by molar-refractivity contribution is 0.149. The van der Waals surface area contributed by atoms with Gasteiger partial charge in [-0.3, -0.25) is 4.98 Å². The van der Waals surface area contributed by atoms with Crippen LogP contribution in [0.4, 0.5) is 0 Å². The van der Waals surface area contributed by atoms with Gasteiger partial charge >= 0.3 is 0 Å². The fraction of sp³-hybridized carbons (Fsp3) is 0.360. The first-order valence-electron chi connectivity index (χ1n) is 10.8. The molecule has 0 aliphatic heterocycles. The van der Waals surface area contributed by atoms with Gasteiger partial charge in [-0.2, -0.15) is 0 Å². The molecule has 160 valence electrons. The summed E-state index contributed by atoms with van der Waals surface area (Å²) < 4.78 is 0. The van der Waals surface area contributed by atoms with E-state index in [9.17, 15) is 0 Å². The quantitative estimate of drug-likeness (QED) is 0.330. The predicted molar refractivity (Wildman–Crippen MR) is 129 cm³/mol. The lowest BCUT2D eigenvalue weighted by atomic mass is 9.66. The Morgan fingerprint density at radius 3 is 2.58 bits per heavy atom. The average molecular weight is 470 g/mol. The molecular formula is C25H25Cl2N3S. The topological polar surface area (TPSA) is 51.8 Å². The van der Waals surface area contributed by atoms with Crippen LogP contribution in [0.15, 0.2) is 59.8 Å². The number of fused-ring (bicyclic) bond motifs is 1. The van der Waals surface area contributed by atoms with Crippen LogP contribution in [-0.2, 0) is 12.2 Å². The van der Waals surface area contributed by atoms with E-state index in [0.717, 1.165) is 22.8 Å². The number of benzene rings is 1. The Labute approximate surface area is 197 Å². The van der Waals surface area contributed by atoms with Crippen LogP contribution in [0, 0.1) is 5.41 Å². The van der Waals surface area contributed by atoms with Crippen molar-refractivity contribution in [1.29, 1.82) is 0 Å². The van der Waals surface area contributed by atoms with Gasteiger partial charge in [-0.15, -0.1) is 11.8 Å². The molecule has 0 saturated heterocycles. The van der Waals surface area contributed by atoms with Crippen molar-refractivity contribution in [1.82, 2.24) is 9.97 Å². The summed E-state index contributed by atoms with van der Waals surface area (Å²) in [6.45, 7) is 0. The van der Waals surface area contributed by atoms with Crippen LogP contribution in [0.5, 0.6) is 0 Å². The fourth-order valence-electron chi connectivity index (χ4n) is 5.26. The number of rotatable bonds is 4. The smallest absolute Gasteiger partial charge is 0.148 e. The number of thioether (sulfide) groups is 1. The lowest BCUT2D eigenvalue weighted by Crippen LogP contribution is -2.35. The Balaban J connectivity index is 1.20. The third kappa shape index (κ3) is 4.11. The summed E-state index contributed by atoms with van der Waals surface area (Å²) >= 11 is 13.9. The van der Waals surface area contributed by atoms with Gasteiger partial charge in [0.05, 0.1) is 10.7 Å². The highest BCUT2D eigenvalue weighted by Crippen LogP contribution is 2.55. The van der Waals surface area contributed by atoms with Crippen molar-refractivity contribution in [3.8, 4) is 0 Å². The third-order valence-electron chi connectivity index (χ3n) is 7.08. The molecule has 0 amide bonds. The van der Waals surface area contributed by atoms with E-state index in [0.29, 0.717) is 16.1 Å². The van der Waals surface area contributed by atoms with Crippen molar-refractivity contribution in [2.24, 2.45) is 11.1 Å². The molecule has 5 rings (SSSR count). The second-order valence-corrected chi connectivity index (χ2v) is 10.5. The van der Waals surface area contributed by atoms with Crippen molar-refractivity contribution >= 4 is 35.0 Å². The molecule has 2 aliphatic carbocycles. The Bertz CT molecular complexity index is 1080. The van der Waals surface area contributed by atoms with E-state index in [-0.39, 0.29) is 11.5 Å². The van der Waals surface area contributed by atoms with Crippen LogP contribution in [0.1, 0.15) is 60.0 Å². The van der Waals surface area contributed by atoms with Crippen molar-refractivity contribution in [3.63, 3.8) is 0 Å². The van der Waals surface area contributed by atoms with Crippen molar-refractivity contribution in [2.75, 3.05) is 0 Å². The van der Waals surface area contributed by atoms with E-state index in [1.807, 2.05) is 6.07 Å². The van der Waals surface area contributed by atoms with Gasteiger partial charge < -0.3 is 5.73 Å². The van der Waals surface area contributed by atoms with Gasteiger partial charge in [-0.05, 0) is 72.3 Å². The molecule has 3 nitrogen and oxygen atoms in total. The van der Waals surface area contributed by atoms with Crippen LogP contribution in [0.2, 0.25) is 10.2 Å². The summed E-state index contributed by atoms with van der Waals surface area (Å²) in [6.07, 6.45) is 9.61. The number of nitrogens with zero attached hydrogens (tertiary/aromatic N) is 2. The summed E-state index contributed by atoms with van der Waals surface area (Å²) in [5.74, 6) is 1.32. The van der Waals surface area contributed by atoms with E-state index < -0.39 is 0 Å². The van der Waals surface area contributed by atoms with Crippen LogP contribution in [0.3, 0.4) is 0 Å². The van der Waals surface area contributed by atoms with Gasteiger partial charge in [0.15, 0.2) is 0 Å². The first-order chi connectivity index (χ1) is 15.1. The van der Waals surface area contributed by atoms with Gasteiger partial charge in [-0.1, -0.05) is 53.5 Å². The maximum absolute atomic E-state index is 6.73. The molecule has 31 heavy (non-hydrogen) atoms. The Kier molecular flexibility index (Phi) is 6.00. The maximum atomic E-state index is 6.73. The molecule has 2 aromatic heterocycles. The van der Waals surface area contributed by atoms with Gasteiger partial charge in [0, 0.05) is 29.1 Å². The number of aromatic nitrogens is 2. The van der Waals surface area contributed by atoms with Crippen LogP contribution < -0.4 is 5.73 Å². The summed E-state index contributed by atoms with van der Waals surface area (Å²) in [6, 6.07) is 15.2. The van der Waals surface area contributed by atoms with Gasteiger partial charge in [0.2, 0.25) is 0 Å². The van der Waals surface area contributed by atoms with Gasteiger partial charge in [0.1, 0.15) is 5.15 Å². The summed E-state index contributed by atoms with van der Waals surface area (Å²) in [7, 11) is 0. The Morgan fingerprint density at radius 2 is 1.84 bits per heavy atom. The molecule has 0 bridgehead atoms. The molecule has 1 aromatic carbocycles. The summed E-state index contributed by atoms with van der Waals surface area (Å²) in [5, 5.41) is 0.851. The van der Waals surface area contributed by atoms with Crippen molar-refractivity contribution in [2.45, 2.75) is 54.7 Å². The number of halogens is 2. The first kappa shape index (κ1) is 21.3. The molecule has 1 saturated carbocycles. The molecule has 0 unspecified atom stereocenters. The molecule has 1 spiro atoms. The van der Waals surface area contributed by atoms with E-state index in [2.05, 4.69) is 47.6 Å². The Hall–Kier alpha value is -1.59. The highest BCUT2D eigenvalue weighted by Gasteiger charge is 2.46. The minimum absolute atomic E-state index is 0.177. The van der Waals surface area contributed by atoms with Gasteiger partial charge in [0.25, 0.3) is 0 Å². The molecular weight excluding hydrogens is 445 g/mol. The van der Waals surface area contributed by atoms with Crippen LogP contribution >= 0.6 is 35.0 Å². The highest BCUT2D eigenvalue weighted by molar-refractivity contribution is 7.98. The van der Waals surface area contributed by atoms with E-state index in [4.69, 9.17) is 33.9 Å². The predicted octanol–water partition coefficient (Wildman–Crippen LogP) is 6.98. The standard InChI is InChI=1S/C25H25Cl2N3S/c26-22-21(9-12-29-24(22)27)31-15-19-6-5-18(14-30-19)16-7-10-25(11-8-16)13-17-3-1-2-4-20(17)23(25)28/h1-6,9,12,14,16,23H,7-8,10-11,13,15,28H2/t16?,23-,25?/m0/s1. The number of pyridine rings is 2. The number of hydrogen-bond donors (Lipinski definition) is 1. The summed E-state index contributed by atoms with van der Waals surface area (Å²) in [5.41, 5.74) is 12.2. The normalized spacial score (nSPS) is 25.0. The molecule has 2 N–H and O–H groups in total. The van der Waals surface area contributed by atoms with Crippen molar-refractivity contribution < 1.29 is 0 Å². The lowest BCUT2D eigenvalue weighted by Gasteiger charge is -2.40. The zero-order valence-corrected chi connectivity index (χ0v) is 19.6. The maximum Gasteiger partial charge on any atom is 0.148 e. The van der Waals surface area contributed by atoms with E-state index >= 15 is 0 Å². The molecule has 0 radical (unpaired) electrons. The zero-order chi connectivity index (χ0) is 21.4. The minimum Gasteiger partial charge on any atom is -0.323 e. The second kappa shape index (κ2) is 8.74. The van der Waals surface area contributed by atoms with E-state index in [1.54, 1.807) is 18.0 Å². The van der Waals surface area contributed by atoms with Crippen LogP contribution in [0.25, 0.3) is 0 Å². The van der Waals surface area contributed by atoms with Crippen molar-refractivity contribution in [3.05, 3.63) is 87.4 Å². The molecule has 6 heteroatoms. The number of nitrogens with two attached hydrogens (primary N) is 1. The highest BCUT2D eigenvalue weighted by atomic mass is 35.5.